The normalized spacial score (nSPS) is 14.9. The van der Waals surface area contributed by atoms with Crippen molar-refractivity contribution in [3.63, 3.8) is 0 Å². The summed E-state index contributed by atoms with van der Waals surface area (Å²) in [5.74, 6) is 0.994. The third kappa shape index (κ3) is 7.67. The van der Waals surface area contributed by atoms with Crippen LogP contribution in [0.3, 0.4) is 0 Å². The summed E-state index contributed by atoms with van der Waals surface area (Å²) >= 11 is 0. The van der Waals surface area contributed by atoms with E-state index in [4.69, 9.17) is 10.5 Å². The maximum absolute atomic E-state index is 11.2. The summed E-state index contributed by atoms with van der Waals surface area (Å²) in [6.07, 6.45) is 3.98. The number of hydrogen-bond acceptors (Lipinski definition) is 4. The number of ether oxygens (including phenoxy) is 1. The first kappa shape index (κ1) is 17.7. The minimum absolute atomic E-state index is 0.0699. The van der Waals surface area contributed by atoms with Gasteiger partial charge in [-0.15, -0.1) is 0 Å². The Kier molecular flexibility index (Phi) is 8.96. The molecule has 0 aromatic rings. The van der Waals surface area contributed by atoms with Crippen molar-refractivity contribution in [2.45, 2.75) is 47.0 Å². The summed E-state index contributed by atoms with van der Waals surface area (Å²) < 4.78 is 5.43. The zero-order chi connectivity index (χ0) is 14.8. The molecule has 0 aliphatic rings. The fourth-order valence-electron chi connectivity index (χ4n) is 1.49. The van der Waals surface area contributed by atoms with Gasteiger partial charge in [0.05, 0.1) is 0 Å². The molecule has 4 heteroatoms. The van der Waals surface area contributed by atoms with E-state index in [1.54, 1.807) is 6.92 Å². The highest BCUT2D eigenvalue weighted by atomic mass is 16.5. The van der Waals surface area contributed by atoms with Crippen molar-refractivity contribution in [1.82, 2.24) is 0 Å². The van der Waals surface area contributed by atoms with E-state index in [0.717, 1.165) is 18.4 Å². The predicted molar refractivity (Wildman–Crippen MR) is 77.8 cm³/mol. The summed E-state index contributed by atoms with van der Waals surface area (Å²) in [5, 5.41) is 9.77. The number of hydrogen-bond donors (Lipinski definition) is 2. The third-order valence-electron chi connectivity index (χ3n) is 3.04. The zero-order valence-corrected chi connectivity index (χ0v) is 12.5. The van der Waals surface area contributed by atoms with Gasteiger partial charge in [0.25, 0.3) is 0 Å². The van der Waals surface area contributed by atoms with Crippen molar-refractivity contribution in [2.24, 2.45) is 11.7 Å². The predicted octanol–water partition coefficient (Wildman–Crippen LogP) is 3.09. The second-order valence-corrected chi connectivity index (χ2v) is 4.84. The molecular formula is C15H27NO3. The van der Waals surface area contributed by atoms with Gasteiger partial charge in [0.2, 0.25) is 0 Å². The molecule has 3 N–H and O–H groups in total. The highest BCUT2D eigenvalue weighted by Gasteiger charge is 2.08. The van der Waals surface area contributed by atoms with Crippen molar-refractivity contribution < 1.29 is 14.6 Å². The van der Waals surface area contributed by atoms with Crippen LogP contribution in [-0.4, -0.2) is 24.0 Å². The molecule has 4 nitrogen and oxygen atoms in total. The fraction of sp³-hybridized carbons (Fsp3) is 0.667. The molecule has 110 valence electrons. The quantitative estimate of drug-likeness (QED) is 0.498. The molecule has 0 bridgehead atoms. The number of carbonyl (C=O) groups is 1. The topological polar surface area (TPSA) is 72.5 Å². The van der Waals surface area contributed by atoms with Crippen molar-refractivity contribution in [3.05, 3.63) is 23.2 Å². The minimum Gasteiger partial charge on any atom is -0.508 e. The lowest BCUT2D eigenvalue weighted by atomic mass is 9.98. The van der Waals surface area contributed by atoms with Gasteiger partial charge in [0, 0.05) is 18.9 Å². The number of carbonyl (C=O) groups excluding carboxylic acids is 1. The standard InChI is InChI=1S/C15H27NO3/c1-5-14(18)15(19-9-8-16)10-11(2)6-7-12(3)13(4)17/h10,12,18H,5-9,16H2,1-4H3/b11-10+,15-14-. The molecule has 0 aromatic heterocycles. The molecule has 0 aliphatic heterocycles. The van der Waals surface area contributed by atoms with E-state index >= 15 is 0 Å². The largest absolute Gasteiger partial charge is 0.508 e. The lowest BCUT2D eigenvalue weighted by Gasteiger charge is -2.11. The Morgan fingerprint density at radius 3 is 2.53 bits per heavy atom. The first-order valence-electron chi connectivity index (χ1n) is 6.84. The Bertz CT molecular complexity index is 345. The number of allylic oxidation sites excluding steroid dienone is 3. The Labute approximate surface area is 116 Å². The number of rotatable bonds is 9. The summed E-state index contributed by atoms with van der Waals surface area (Å²) in [6.45, 7) is 8.18. The Hall–Kier alpha value is -1.29. The number of Topliss-reactive ketones (excluding diaryl/α,β-unsaturated/α-hetero) is 1. The van der Waals surface area contributed by atoms with Crippen LogP contribution in [0, 0.1) is 5.92 Å². The minimum atomic E-state index is 0.0699. The molecule has 0 fully saturated rings. The molecular weight excluding hydrogens is 242 g/mol. The molecule has 0 amide bonds. The van der Waals surface area contributed by atoms with E-state index in [1.165, 1.54) is 0 Å². The van der Waals surface area contributed by atoms with Gasteiger partial charge in [-0.25, -0.2) is 0 Å². The average Bonchev–Trinajstić information content (AvgIpc) is 2.39. The molecule has 1 atom stereocenters. The zero-order valence-electron chi connectivity index (χ0n) is 12.5. The summed E-state index contributed by atoms with van der Waals surface area (Å²) in [5.41, 5.74) is 6.48. The summed E-state index contributed by atoms with van der Waals surface area (Å²) in [7, 11) is 0. The van der Waals surface area contributed by atoms with Gasteiger partial charge in [-0.1, -0.05) is 19.4 Å². The SMILES string of the molecule is CC/C(O)=C(\C=C(/C)CCC(C)C(C)=O)OCCN. The van der Waals surface area contributed by atoms with Crippen molar-refractivity contribution >= 4 is 5.78 Å². The number of aliphatic hydroxyl groups is 1. The first-order valence-corrected chi connectivity index (χ1v) is 6.84. The highest BCUT2D eigenvalue weighted by molar-refractivity contribution is 5.77. The summed E-state index contributed by atoms with van der Waals surface area (Å²) in [6, 6.07) is 0. The van der Waals surface area contributed by atoms with Crippen LogP contribution in [0.1, 0.15) is 47.0 Å². The third-order valence-corrected chi connectivity index (χ3v) is 3.04. The molecule has 0 spiro atoms. The lowest BCUT2D eigenvalue weighted by molar-refractivity contribution is -0.120. The Morgan fingerprint density at radius 1 is 1.42 bits per heavy atom. The maximum atomic E-state index is 11.2. The van der Waals surface area contributed by atoms with Crippen LogP contribution in [0.2, 0.25) is 0 Å². The molecule has 0 saturated carbocycles. The van der Waals surface area contributed by atoms with Gasteiger partial charge in [-0.05, 0) is 32.8 Å². The second-order valence-electron chi connectivity index (χ2n) is 4.84. The average molecular weight is 269 g/mol. The van der Waals surface area contributed by atoms with Crippen LogP contribution >= 0.6 is 0 Å². The van der Waals surface area contributed by atoms with E-state index in [1.807, 2.05) is 26.8 Å². The van der Waals surface area contributed by atoms with E-state index in [9.17, 15) is 9.90 Å². The van der Waals surface area contributed by atoms with Crippen LogP contribution in [0.25, 0.3) is 0 Å². The molecule has 0 saturated heterocycles. The second kappa shape index (κ2) is 9.62. The van der Waals surface area contributed by atoms with Crippen LogP contribution in [0.5, 0.6) is 0 Å². The van der Waals surface area contributed by atoms with Gasteiger partial charge in [-0.3, -0.25) is 4.79 Å². The summed E-state index contributed by atoms with van der Waals surface area (Å²) in [4.78, 5) is 11.2. The lowest BCUT2D eigenvalue weighted by Crippen LogP contribution is -2.09. The first-order chi connectivity index (χ1) is 8.92. The molecule has 0 aromatic carbocycles. The number of aliphatic hydroxyl groups excluding tert-OH is 1. The molecule has 0 radical (unpaired) electrons. The fourth-order valence-corrected chi connectivity index (χ4v) is 1.49. The van der Waals surface area contributed by atoms with Crippen molar-refractivity contribution in [3.8, 4) is 0 Å². The number of ketones is 1. The number of nitrogens with two attached hydrogens (primary N) is 1. The van der Waals surface area contributed by atoms with Gasteiger partial charge in [-0.2, -0.15) is 0 Å². The van der Waals surface area contributed by atoms with E-state index in [2.05, 4.69) is 0 Å². The van der Waals surface area contributed by atoms with Crippen LogP contribution in [-0.2, 0) is 9.53 Å². The Morgan fingerprint density at radius 2 is 2.05 bits per heavy atom. The highest BCUT2D eigenvalue weighted by Crippen LogP contribution is 2.17. The molecule has 0 aliphatic carbocycles. The smallest absolute Gasteiger partial charge is 0.156 e. The molecule has 0 heterocycles. The monoisotopic (exact) mass is 269 g/mol. The van der Waals surface area contributed by atoms with Gasteiger partial charge in [0.15, 0.2) is 5.76 Å². The van der Waals surface area contributed by atoms with Gasteiger partial charge < -0.3 is 15.6 Å². The van der Waals surface area contributed by atoms with Crippen LogP contribution in [0.15, 0.2) is 23.2 Å². The van der Waals surface area contributed by atoms with E-state index in [-0.39, 0.29) is 17.5 Å². The van der Waals surface area contributed by atoms with Crippen LogP contribution < -0.4 is 5.73 Å². The van der Waals surface area contributed by atoms with E-state index in [0.29, 0.717) is 25.3 Å². The van der Waals surface area contributed by atoms with Gasteiger partial charge in [0.1, 0.15) is 18.1 Å². The molecule has 1 unspecified atom stereocenters. The molecule has 19 heavy (non-hydrogen) atoms. The van der Waals surface area contributed by atoms with Crippen molar-refractivity contribution in [2.75, 3.05) is 13.2 Å². The van der Waals surface area contributed by atoms with Gasteiger partial charge >= 0.3 is 0 Å². The van der Waals surface area contributed by atoms with Crippen molar-refractivity contribution in [1.29, 1.82) is 0 Å². The molecule has 0 rings (SSSR count). The van der Waals surface area contributed by atoms with E-state index < -0.39 is 0 Å². The Balaban J connectivity index is 4.61. The maximum Gasteiger partial charge on any atom is 0.156 e. The van der Waals surface area contributed by atoms with Crippen LogP contribution in [0.4, 0.5) is 0 Å².